The second-order valence-electron chi connectivity index (χ2n) is 4.97. The first-order valence-corrected chi connectivity index (χ1v) is 6.67. The molecule has 1 aliphatic rings. The van der Waals surface area contributed by atoms with Gasteiger partial charge in [-0.25, -0.2) is 0 Å². The van der Waals surface area contributed by atoms with Crippen LogP contribution in [0.2, 0.25) is 5.02 Å². The molecule has 1 aliphatic heterocycles. The summed E-state index contributed by atoms with van der Waals surface area (Å²) in [4.78, 5) is 4.79. The molecule has 3 nitrogen and oxygen atoms in total. The van der Waals surface area contributed by atoms with Crippen LogP contribution in [-0.4, -0.2) is 43.0 Å². The molecule has 0 aliphatic carbocycles. The summed E-state index contributed by atoms with van der Waals surface area (Å²) >= 11 is 5.96. The van der Waals surface area contributed by atoms with Crippen molar-refractivity contribution in [2.45, 2.75) is 6.54 Å². The molecule has 0 N–H and O–H groups in total. The highest BCUT2D eigenvalue weighted by Gasteiger charge is 2.15. The zero-order valence-electron chi connectivity index (χ0n) is 10.5. The first-order chi connectivity index (χ1) is 8.70. The third kappa shape index (κ3) is 2.53. The molecule has 96 valence electrons. The van der Waals surface area contributed by atoms with E-state index in [0.717, 1.165) is 54.5 Å². The van der Waals surface area contributed by atoms with E-state index in [1.165, 1.54) is 0 Å². The predicted molar refractivity (Wildman–Crippen MR) is 74.0 cm³/mol. The second kappa shape index (κ2) is 4.92. The van der Waals surface area contributed by atoms with Gasteiger partial charge in [0, 0.05) is 42.7 Å². The minimum Gasteiger partial charge on any atom is -0.460 e. The standard InChI is InChI=1S/C14H17ClN2O/c1-16-4-6-17(7-5-16)10-13-8-11-2-3-12(15)9-14(11)18-13/h2-3,8-9H,4-7,10H2,1H3. The SMILES string of the molecule is CN1CCN(Cc2cc3ccc(Cl)cc3o2)CC1. The maximum Gasteiger partial charge on any atom is 0.135 e. The van der Waals surface area contributed by atoms with Crippen molar-refractivity contribution in [1.82, 2.24) is 9.80 Å². The Labute approximate surface area is 112 Å². The van der Waals surface area contributed by atoms with Crippen LogP contribution in [0.25, 0.3) is 11.0 Å². The third-order valence-corrected chi connectivity index (χ3v) is 3.74. The molecular formula is C14H17ClN2O. The number of benzene rings is 1. The molecule has 0 spiro atoms. The van der Waals surface area contributed by atoms with E-state index >= 15 is 0 Å². The van der Waals surface area contributed by atoms with Gasteiger partial charge in [-0.15, -0.1) is 0 Å². The quantitative estimate of drug-likeness (QED) is 0.832. The van der Waals surface area contributed by atoms with Gasteiger partial charge in [0.15, 0.2) is 0 Å². The Hall–Kier alpha value is -1.03. The highest BCUT2D eigenvalue weighted by atomic mass is 35.5. The van der Waals surface area contributed by atoms with Gasteiger partial charge in [-0.2, -0.15) is 0 Å². The maximum absolute atomic E-state index is 5.96. The van der Waals surface area contributed by atoms with Crippen molar-refractivity contribution in [2.75, 3.05) is 33.2 Å². The van der Waals surface area contributed by atoms with Crippen LogP contribution in [0.15, 0.2) is 28.7 Å². The highest BCUT2D eigenvalue weighted by Crippen LogP contribution is 2.24. The van der Waals surface area contributed by atoms with Crippen molar-refractivity contribution < 1.29 is 4.42 Å². The van der Waals surface area contributed by atoms with Crippen LogP contribution >= 0.6 is 11.6 Å². The summed E-state index contributed by atoms with van der Waals surface area (Å²) in [5.41, 5.74) is 0.881. The van der Waals surface area contributed by atoms with Crippen LogP contribution in [-0.2, 0) is 6.54 Å². The number of hydrogen-bond donors (Lipinski definition) is 0. The Balaban J connectivity index is 1.74. The van der Waals surface area contributed by atoms with Gasteiger partial charge in [-0.1, -0.05) is 11.6 Å². The topological polar surface area (TPSA) is 19.6 Å². The lowest BCUT2D eigenvalue weighted by molar-refractivity contribution is 0.141. The highest BCUT2D eigenvalue weighted by molar-refractivity contribution is 6.31. The fourth-order valence-electron chi connectivity index (χ4n) is 2.36. The largest absolute Gasteiger partial charge is 0.460 e. The van der Waals surface area contributed by atoms with E-state index in [1.807, 2.05) is 18.2 Å². The summed E-state index contributed by atoms with van der Waals surface area (Å²) in [5, 5.41) is 1.85. The molecule has 0 unspecified atom stereocenters. The van der Waals surface area contributed by atoms with Gasteiger partial charge >= 0.3 is 0 Å². The molecule has 1 saturated heterocycles. The van der Waals surface area contributed by atoms with Crippen LogP contribution in [0.1, 0.15) is 5.76 Å². The van der Waals surface area contributed by atoms with E-state index in [-0.39, 0.29) is 0 Å². The van der Waals surface area contributed by atoms with Crippen molar-refractivity contribution in [3.05, 3.63) is 35.0 Å². The van der Waals surface area contributed by atoms with Crippen LogP contribution in [0.3, 0.4) is 0 Å². The zero-order valence-corrected chi connectivity index (χ0v) is 11.3. The van der Waals surface area contributed by atoms with Gasteiger partial charge < -0.3 is 9.32 Å². The van der Waals surface area contributed by atoms with Crippen molar-refractivity contribution in [2.24, 2.45) is 0 Å². The smallest absolute Gasteiger partial charge is 0.135 e. The molecule has 0 saturated carbocycles. The first kappa shape index (κ1) is 12.0. The molecule has 0 radical (unpaired) electrons. The average Bonchev–Trinajstić information content (AvgIpc) is 2.73. The number of furan rings is 1. The third-order valence-electron chi connectivity index (χ3n) is 3.51. The summed E-state index contributed by atoms with van der Waals surface area (Å²) in [6, 6.07) is 7.90. The minimum atomic E-state index is 0.725. The molecule has 0 amide bonds. The number of halogens is 1. The summed E-state index contributed by atoms with van der Waals surface area (Å²) in [5.74, 6) is 1.02. The number of likely N-dealkylation sites (N-methyl/N-ethyl adjacent to an activating group) is 1. The molecule has 2 aromatic rings. The molecule has 1 aromatic carbocycles. The lowest BCUT2D eigenvalue weighted by atomic mass is 10.2. The van der Waals surface area contributed by atoms with E-state index in [2.05, 4.69) is 22.9 Å². The number of rotatable bonds is 2. The van der Waals surface area contributed by atoms with Gasteiger partial charge in [-0.3, -0.25) is 4.90 Å². The van der Waals surface area contributed by atoms with Crippen LogP contribution in [0.4, 0.5) is 0 Å². The van der Waals surface area contributed by atoms with Gasteiger partial charge in [-0.05, 0) is 25.2 Å². The molecule has 3 rings (SSSR count). The van der Waals surface area contributed by atoms with Crippen LogP contribution in [0.5, 0.6) is 0 Å². The molecular weight excluding hydrogens is 248 g/mol. The summed E-state index contributed by atoms with van der Waals surface area (Å²) in [7, 11) is 2.17. The fraction of sp³-hybridized carbons (Fsp3) is 0.429. The second-order valence-corrected chi connectivity index (χ2v) is 5.41. The van der Waals surface area contributed by atoms with Gasteiger partial charge in [0.05, 0.1) is 6.54 Å². The number of hydrogen-bond acceptors (Lipinski definition) is 3. The van der Waals surface area contributed by atoms with E-state index in [1.54, 1.807) is 0 Å². The van der Waals surface area contributed by atoms with Crippen LogP contribution in [0, 0.1) is 0 Å². The molecule has 1 fully saturated rings. The van der Waals surface area contributed by atoms with Crippen molar-refractivity contribution in [3.63, 3.8) is 0 Å². The summed E-state index contributed by atoms with van der Waals surface area (Å²) in [6.45, 7) is 5.36. The number of fused-ring (bicyclic) bond motifs is 1. The Bertz CT molecular complexity index is 544. The monoisotopic (exact) mass is 264 g/mol. The van der Waals surface area contributed by atoms with Crippen molar-refractivity contribution in [1.29, 1.82) is 0 Å². The molecule has 4 heteroatoms. The van der Waals surface area contributed by atoms with Crippen molar-refractivity contribution >= 4 is 22.6 Å². The predicted octanol–water partition coefficient (Wildman–Crippen LogP) is 2.83. The van der Waals surface area contributed by atoms with Gasteiger partial charge in [0.1, 0.15) is 11.3 Å². The van der Waals surface area contributed by atoms with Gasteiger partial charge in [0.2, 0.25) is 0 Å². The Kier molecular flexibility index (Phi) is 3.29. The molecule has 0 atom stereocenters. The van der Waals surface area contributed by atoms with E-state index in [4.69, 9.17) is 16.0 Å². The lowest BCUT2D eigenvalue weighted by Crippen LogP contribution is -2.43. The van der Waals surface area contributed by atoms with Crippen molar-refractivity contribution in [3.8, 4) is 0 Å². The summed E-state index contributed by atoms with van der Waals surface area (Å²) < 4.78 is 5.84. The molecule has 2 heterocycles. The zero-order chi connectivity index (χ0) is 12.5. The Morgan fingerprint density at radius 2 is 1.94 bits per heavy atom. The summed E-state index contributed by atoms with van der Waals surface area (Å²) in [6.07, 6.45) is 0. The molecule has 18 heavy (non-hydrogen) atoms. The Morgan fingerprint density at radius 3 is 2.72 bits per heavy atom. The Morgan fingerprint density at radius 1 is 1.17 bits per heavy atom. The average molecular weight is 265 g/mol. The van der Waals surface area contributed by atoms with E-state index in [9.17, 15) is 0 Å². The minimum absolute atomic E-state index is 0.725. The number of nitrogens with zero attached hydrogens (tertiary/aromatic N) is 2. The number of piperazine rings is 1. The van der Waals surface area contributed by atoms with E-state index in [0.29, 0.717) is 0 Å². The normalized spacial score (nSPS) is 18.6. The maximum atomic E-state index is 5.96. The fourth-order valence-corrected chi connectivity index (χ4v) is 2.53. The van der Waals surface area contributed by atoms with Gasteiger partial charge in [0.25, 0.3) is 0 Å². The van der Waals surface area contributed by atoms with Crippen LogP contribution < -0.4 is 0 Å². The lowest BCUT2D eigenvalue weighted by Gasteiger charge is -2.31. The molecule has 1 aromatic heterocycles. The molecule has 0 bridgehead atoms. The van der Waals surface area contributed by atoms with E-state index < -0.39 is 0 Å². The first-order valence-electron chi connectivity index (χ1n) is 6.29.